The molecule has 1 aromatic rings. The van der Waals surface area contributed by atoms with Crippen molar-refractivity contribution in [2.45, 2.75) is 53.2 Å². The van der Waals surface area contributed by atoms with Gasteiger partial charge >= 0.3 is 5.97 Å². The fraction of sp³-hybridized carbons (Fsp3) is 0.448. The number of aliphatic hydroxyl groups is 1. The molecule has 0 bridgehead atoms. The van der Waals surface area contributed by atoms with E-state index < -0.39 is 29.5 Å². The van der Waals surface area contributed by atoms with Crippen LogP contribution in [0.4, 0.5) is 0 Å². The summed E-state index contributed by atoms with van der Waals surface area (Å²) >= 11 is 0. The van der Waals surface area contributed by atoms with Gasteiger partial charge in [-0.3, -0.25) is 4.79 Å². The highest BCUT2D eigenvalue weighted by atomic mass is 16.5. The Morgan fingerprint density at radius 2 is 1.76 bits per heavy atom. The molecule has 0 aromatic heterocycles. The van der Waals surface area contributed by atoms with Crippen LogP contribution in [0.3, 0.4) is 0 Å². The van der Waals surface area contributed by atoms with Crippen LogP contribution in [0.25, 0.3) is 6.08 Å². The lowest BCUT2D eigenvalue weighted by molar-refractivity contribution is -0.141. The van der Waals surface area contributed by atoms with Crippen LogP contribution in [0.1, 0.15) is 46.6 Å². The third-order valence-electron chi connectivity index (χ3n) is 5.74. The lowest BCUT2D eigenvalue weighted by Gasteiger charge is -2.29. The number of benzene rings is 1. The van der Waals surface area contributed by atoms with Crippen molar-refractivity contribution in [3.05, 3.63) is 78.9 Å². The molecule has 0 aliphatic heterocycles. The number of hydrogen-bond donors (Lipinski definition) is 1. The molecule has 5 nitrogen and oxygen atoms in total. The van der Waals surface area contributed by atoms with E-state index in [-0.39, 0.29) is 11.7 Å². The largest absolute Gasteiger partial charge is 0.454 e. The second kappa shape index (κ2) is 14.5. The summed E-state index contributed by atoms with van der Waals surface area (Å²) < 4.78 is 11.0. The van der Waals surface area contributed by atoms with Gasteiger partial charge in [-0.25, -0.2) is 4.79 Å². The van der Waals surface area contributed by atoms with Gasteiger partial charge < -0.3 is 14.6 Å². The Bertz CT molecular complexity index is 866. The van der Waals surface area contributed by atoms with Crippen LogP contribution in [-0.2, 0) is 19.1 Å². The number of rotatable bonds is 15. The summed E-state index contributed by atoms with van der Waals surface area (Å²) in [5.41, 5.74) is 0.959. The van der Waals surface area contributed by atoms with Crippen LogP contribution in [0.2, 0.25) is 0 Å². The highest BCUT2D eigenvalue weighted by molar-refractivity contribution is 5.90. The van der Waals surface area contributed by atoms with Gasteiger partial charge in [0.05, 0.1) is 19.3 Å². The van der Waals surface area contributed by atoms with Gasteiger partial charge in [-0.05, 0) is 31.9 Å². The Labute approximate surface area is 204 Å². The summed E-state index contributed by atoms with van der Waals surface area (Å²) in [5, 5.41) is 10.6. The number of carbonyl (C=O) groups is 2. The van der Waals surface area contributed by atoms with E-state index in [9.17, 15) is 14.7 Å². The highest BCUT2D eigenvalue weighted by Gasteiger charge is 2.35. The minimum absolute atomic E-state index is 0.164. The lowest BCUT2D eigenvalue weighted by atomic mass is 9.77. The summed E-state index contributed by atoms with van der Waals surface area (Å²) in [5.74, 6) is -1.54. The van der Waals surface area contributed by atoms with Crippen molar-refractivity contribution in [2.24, 2.45) is 17.3 Å². The van der Waals surface area contributed by atoms with Gasteiger partial charge in [0, 0.05) is 29.7 Å². The van der Waals surface area contributed by atoms with E-state index in [4.69, 9.17) is 9.47 Å². The maximum Gasteiger partial charge on any atom is 0.331 e. The predicted molar refractivity (Wildman–Crippen MR) is 138 cm³/mol. The van der Waals surface area contributed by atoms with Crippen molar-refractivity contribution in [2.75, 3.05) is 13.2 Å². The van der Waals surface area contributed by atoms with Gasteiger partial charge in [0.2, 0.25) is 0 Å². The molecule has 5 heteroatoms. The smallest absolute Gasteiger partial charge is 0.331 e. The maximum absolute atomic E-state index is 13.0. The van der Waals surface area contributed by atoms with Crippen molar-refractivity contribution in [3.8, 4) is 0 Å². The Morgan fingerprint density at radius 1 is 1.12 bits per heavy atom. The molecule has 186 valence electrons. The van der Waals surface area contributed by atoms with E-state index in [1.54, 1.807) is 39.0 Å². The van der Waals surface area contributed by atoms with E-state index in [0.29, 0.717) is 19.6 Å². The maximum atomic E-state index is 13.0. The number of ketones is 1. The van der Waals surface area contributed by atoms with Gasteiger partial charge in [-0.1, -0.05) is 68.5 Å². The van der Waals surface area contributed by atoms with Gasteiger partial charge in [0.15, 0.2) is 0 Å². The SMILES string of the molecule is C=CCOC[C@H](C)[C@H](O)[C@@H](C)C(=O)C(C)(C)/C=C/C(=O)OC(CC=C)/C(C)=C/c1ccccc1. The molecule has 1 unspecified atom stereocenters. The molecule has 0 heterocycles. The Kier molecular flexibility index (Phi) is 12.5. The molecule has 1 aromatic carbocycles. The van der Waals surface area contributed by atoms with E-state index in [1.165, 1.54) is 6.08 Å². The van der Waals surface area contributed by atoms with E-state index in [2.05, 4.69) is 13.2 Å². The molecule has 0 saturated carbocycles. The van der Waals surface area contributed by atoms with Gasteiger partial charge in [0.25, 0.3) is 0 Å². The first-order valence-corrected chi connectivity index (χ1v) is 11.7. The fourth-order valence-electron chi connectivity index (χ4n) is 3.59. The molecule has 34 heavy (non-hydrogen) atoms. The van der Waals surface area contributed by atoms with Crippen molar-refractivity contribution in [1.29, 1.82) is 0 Å². The Balaban J connectivity index is 2.82. The molecule has 0 radical (unpaired) electrons. The zero-order valence-electron chi connectivity index (χ0n) is 21.2. The third-order valence-corrected chi connectivity index (χ3v) is 5.74. The molecular weight excluding hydrogens is 428 g/mol. The molecule has 0 fully saturated rings. The van der Waals surface area contributed by atoms with Crippen molar-refractivity contribution < 1.29 is 24.2 Å². The molecule has 4 atom stereocenters. The van der Waals surface area contributed by atoms with Crippen molar-refractivity contribution in [3.63, 3.8) is 0 Å². The molecule has 0 amide bonds. The first-order valence-electron chi connectivity index (χ1n) is 11.7. The number of Topliss-reactive ketones (excluding diaryl/α,β-unsaturated/α-hetero) is 1. The zero-order valence-corrected chi connectivity index (χ0v) is 21.2. The van der Waals surface area contributed by atoms with Gasteiger partial charge in [-0.15, -0.1) is 13.2 Å². The molecule has 1 rings (SSSR count). The second-order valence-electron chi connectivity index (χ2n) is 9.25. The lowest BCUT2D eigenvalue weighted by Crippen LogP contribution is -2.39. The first kappa shape index (κ1) is 29.3. The minimum Gasteiger partial charge on any atom is -0.454 e. The number of hydrogen-bond acceptors (Lipinski definition) is 5. The third kappa shape index (κ3) is 9.62. The van der Waals surface area contributed by atoms with Gasteiger partial charge in [0.1, 0.15) is 11.9 Å². The van der Waals surface area contributed by atoms with E-state index in [0.717, 1.165) is 11.1 Å². The number of aliphatic hydroxyl groups excluding tert-OH is 1. The summed E-state index contributed by atoms with van der Waals surface area (Å²) in [7, 11) is 0. The number of ether oxygens (including phenoxy) is 2. The average molecular weight is 469 g/mol. The van der Waals surface area contributed by atoms with Crippen LogP contribution < -0.4 is 0 Å². The first-order chi connectivity index (χ1) is 16.0. The van der Waals surface area contributed by atoms with Crippen molar-refractivity contribution in [1.82, 2.24) is 0 Å². The molecule has 0 aliphatic carbocycles. The summed E-state index contributed by atoms with van der Waals surface area (Å²) in [6, 6.07) is 9.79. The van der Waals surface area contributed by atoms with Crippen LogP contribution in [0, 0.1) is 17.3 Å². The average Bonchev–Trinajstić information content (AvgIpc) is 2.81. The van der Waals surface area contributed by atoms with Crippen LogP contribution in [0.15, 0.2) is 73.4 Å². The molecule has 0 spiro atoms. The Morgan fingerprint density at radius 3 is 2.35 bits per heavy atom. The number of esters is 1. The highest BCUT2D eigenvalue weighted by Crippen LogP contribution is 2.27. The number of carbonyl (C=O) groups excluding carboxylic acids is 2. The molecule has 0 aliphatic rings. The summed E-state index contributed by atoms with van der Waals surface area (Å²) in [4.78, 5) is 25.6. The molecule has 1 N–H and O–H groups in total. The zero-order chi connectivity index (χ0) is 25.7. The minimum atomic E-state index is -0.954. The van der Waals surface area contributed by atoms with Crippen LogP contribution >= 0.6 is 0 Å². The van der Waals surface area contributed by atoms with Crippen molar-refractivity contribution >= 4 is 17.8 Å². The summed E-state index contributed by atoms with van der Waals surface area (Å²) in [6.07, 6.45) is 7.32. The number of allylic oxidation sites excluding steroid dienone is 1. The van der Waals surface area contributed by atoms with Gasteiger partial charge in [-0.2, -0.15) is 0 Å². The van der Waals surface area contributed by atoms with E-state index >= 15 is 0 Å². The quantitative estimate of drug-likeness (QED) is 0.158. The topological polar surface area (TPSA) is 72.8 Å². The fourth-order valence-corrected chi connectivity index (χ4v) is 3.59. The summed E-state index contributed by atoms with van der Waals surface area (Å²) in [6.45, 7) is 17.0. The predicted octanol–water partition coefficient (Wildman–Crippen LogP) is 5.57. The van der Waals surface area contributed by atoms with E-state index in [1.807, 2.05) is 50.3 Å². The monoisotopic (exact) mass is 468 g/mol. The second-order valence-corrected chi connectivity index (χ2v) is 9.25. The standard InChI is InChI=1S/C29H40O5/c1-8-13-25(21(3)19-24-14-11-10-12-15-24)34-26(30)16-17-29(6,7)28(32)23(5)27(31)22(4)20-33-18-9-2/h8-12,14-17,19,22-23,25,27,31H,1-2,13,18,20H2,3-7H3/b17-16+,21-19+/t22-,23+,25?,27-/m0/s1. The Hall–Kier alpha value is -2.76. The van der Waals surface area contributed by atoms with Crippen LogP contribution in [0.5, 0.6) is 0 Å². The molecule has 0 saturated heterocycles. The van der Waals surface area contributed by atoms with Crippen LogP contribution in [-0.4, -0.2) is 42.3 Å². The normalized spacial score (nSPS) is 15.9. The molecular formula is C29H40O5.